The molecule has 1 aromatic carbocycles. The lowest BCUT2D eigenvalue weighted by Gasteiger charge is -2.11. The lowest BCUT2D eigenvalue weighted by molar-refractivity contribution is -0.116. The third-order valence-corrected chi connectivity index (χ3v) is 4.24. The number of amides is 1. The summed E-state index contributed by atoms with van der Waals surface area (Å²) in [6.45, 7) is 1.96. The van der Waals surface area contributed by atoms with Gasteiger partial charge in [0.05, 0.1) is 18.1 Å². The second kappa shape index (κ2) is 6.99. The number of nitrogens with zero attached hydrogens (tertiary/aromatic N) is 3. The predicted octanol–water partition coefficient (Wildman–Crippen LogP) is 4.00. The van der Waals surface area contributed by atoms with Crippen molar-refractivity contribution in [3.05, 3.63) is 42.8 Å². The minimum absolute atomic E-state index is 0.0539. The maximum Gasteiger partial charge on any atom is 0.224 e. The molecule has 8 heteroatoms. The van der Waals surface area contributed by atoms with E-state index in [1.165, 1.54) is 0 Å². The van der Waals surface area contributed by atoms with E-state index in [4.69, 9.17) is 4.42 Å². The SMILES string of the molecule is CCCC(=O)Nc1cnn2c(NC)cc(Nc3cccc4occc34)nc12. The van der Waals surface area contributed by atoms with Crippen LogP contribution in [-0.2, 0) is 4.79 Å². The molecule has 0 aliphatic rings. The molecular weight excluding hydrogens is 344 g/mol. The Hall–Kier alpha value is -3.55. The fraction of sp³-hybridized carbons (Fsp3) is 0.211. The molecule has 0 saturated carbocycles. The van der Waals surface area contributed by atoms with Crippen LogP contribution in [0.4, 0.5) is 23.0 Å². The van der Waals surface area contributed by atoms with Crippen LogP contribution in [0.1, 0.15) is 19.8 Å². The summed E-state index contributed by atoms with van der Waals surface area (Å²) in [4.78, 5) is 16.6. The van der Waals surface area contributed by atoms with E-state index in [1.54, 1.807) is 17.0 Å². The molecular formula is C19H20N6O2. The number of anilines is 4. The van der Waals surface area contributed by atoms with Crippen LogP contribution >= 0.6 is 0 Å². The van der Waals surface area contributed by atoms with E-state index in [0.717, 1.165) is 28.9 Å². The Kier molecular flexibility index (Phi) is 4.37. The lowest BCUT2D eigenvalue weighted by atomic mass is 10.2. The van der Waals surface area contributed by atoms with Crippen molar-refractivity contribution in [2.24, 2.45) is 0 Å². The van der Waals surface area contributed by atoms with Gasteiger partial charge >= 0.3 is 0 Å². The zero-order chi connectivity index (χ0) is 18.8. The molecule has 4 rings (SSSR count). The normalized spacial score (nSPS) is 11.0. The van der Waals surface area contributed by atoms with Gasteiger partial charge in [-0.2, -0.15) is 9.61 Å². The molecule has 138 valence electrons. The van der Waals surface area contributed by atoms with E-state index in [9.17, 15) is 4.79 Å². The number of furan rings is 1. The van der Waals surface area contributed by atoms with Crippen LogP contribution in [0, 0.1) is 0 Å². The van der Waals surface area contributed by atoms with Crippen LogP contribution in [0.15, 0.2) is 47.2 Å². The quantitative estimate of drug-likeness (QED) is 0.478. The van der Waals surface area contributed by atoms with Crippen molar-refractivity contribution in [3.63, 3.8) is 0 Å². The first-order valence-corrected chi connectivity index (χ1v) is 8.79. The van der Waals surface area contributed by atoms with Gasteiger partial charge in [-0.25, -0.2) is 4.98 Å². The Morgan fingerprint density at radius 3 is 2.96 bits per heavy atom. The summed E-state index contributed by atoms with van der Waals surface area (Å²) >= 11 is 0. The molecule has 3 aromatic heterocycles. The number of fused-ring (bicyclic) bond motifs is 2. The van der Waals surface area contributed by atoms with Gasteiger partial charge in [0.1, 0.15) is 22.9 Å². The largest absolute Gasteiger partial charge is 0.464 e. The maximum absolute atomic E-state index is 12.0. The molecule has 27 heavy (non-hydrogen) atoms. The summed E-state index contributed by atoms with van der Waals surface area (Å²) in [5.41, 5.74) is 2.83. The first-order chi connectivity index (χ1) is 13.2. The Labute approximate surface area is 155 Å². The zero-order valence-corrected chi connectivity index (χ0v) is 15.1. The molecule has 0 spiro atoms. The van der Waals surface area contributed by atoms with Crippen LogP contribution in [0.5, 0.6) is 0 Å². The van der Waals surface area contributed by atoms with Crippen LogP contribution in [-0.4, -0.2) is 27.6 Å². The Morgan fingerprint density at radius 1 is 1.26 bits per heavy atom. The van der Waals surface area contributed by atoms with Gasteiger partial charge in [-0.05, 0) is 24.6 Å². The number of aromatic nitrogens is 3. The molecule has 0 saturated heterocycles. The summed E-state index contributed by atoms with van der Waals surface area (Å²) in [5, 5.41) is 14.6. The van der Waals surface area contributed by atoms with E-state index >= 15 is 0 Å². The highest BCUT2D eigenvalue weighted by Gasteiger charge is 2.14. The number of nitrogens with one attached hydrogen (secondary N) is 3. The minimum atomic E-state index is -0.0539. The molecule has 0 aliphatic carbocycles. The summed E-state index contributed by atoms with van der Waals surface area (Å²) in [5.74, 6) is 1.33. The molecule has 0 bridgehead atoms. The van der Waals surface area contributed by atoms with Crippen LogP contribution < -0.4 is 16.0 Å². The smallest absolute Gasteiger partial charge is 0.224 e. The zero-order valence-electron chi connectivity index (χ0n) is 15.1. The van der Waals surface area contributed by atoms with Gasteiger partial charge in [-0.1, -0.05) is 13.0 Å². The molecule has 0 unspecified atom stereocenters. The number of carbonyl (C=O) groups excluding carboxylic acids is 1. The highest BCUT2D eigenvalue weighted by Crippen LogP contribution is 2.29. The molecule has 3 N–H and O–H groups in total. The Balaban J connectivity index is 1.74. The highest BCUT2D eigenvalue weighted by atomic mass is 16.3. The molecule has 0 atom stereocenters. The number of benzene rings is 1. The second-order valence-electron chi connectivity index (χ2n) is 6.13. The van der Waals surface area contributed by atoms with Crippen molar-refractivity contribution in [2.75, 3.05) is 23.0 Å². The van der Waals surface area contributed by atoms with E-state index < -0.39 is 0 Å². The summed E-state index contributed by atoms with van der Waals surface area (Å²) in [7, 11) is 1.81. The first kappa shape index (κ1) is 16.9. The summed E-state index contributed by atoms with van der Waals surface area (Å²) in [6, 6.07) is 9.56. The number of hydrogen-bond donors (Lipinski definition) is 3. The van der Waals surface area contributed by atoms with Gasteiger partial charge in [0.15, 0.2) is 5.65 Å². The van der Waals surface area contributed by atoms with Crippen LogP contribution in [0.25, 0.3) is 16.6 Å². The molecule has 1 amide bonds. The fourth-order valence-electron chi connectivity index (χ4n) is 2.97. The van der Waals surface area contributed by atoms with Crippen LogP contribution in [0.3, 0.4) is 0 Å². The van der Waals surface area contributed by atoms with Crippen molar-refractivity contribution in [1.29, 1.82) is 0 Å². The Morgan fingerprint density at radius 2 is 2.15 bits per heavy atom. The molecule has 0 radical (unpaired) electrons. The lowest BCUT2D eigenvalue weighted by Crippen LogP contribution is -2.11. The minimum Gasteiger partial charge on any atom is -0.464 e. The van der Waals surface area contributed by atoms with E-state index in [0.29, 0.717) is 23.6 Å². The third kappa shape index (κ3) is 3.17. The maximum atomic E-state index is 12.0. The van der Waals surface area contributed by atoms with Crippen molar-refractivity contribution in [3.8, 4) is 0 Å². The van der Waals surface area contributed by atoms with E-state index in [2.05, 4.69) is 26.0 Å². The van der Waals surface area contributed by atoms with Crippen molar-refractivity contribution in [1.82, 2.24) is 14.6 Å². The summed E-state index contributed by atoms with van der Waals surface area (Å²) < 4.78 is 7.11. The van der Waals surface area contributed by atoms with Crippen molar-refractivity contribution in [2.45, 2.75) is 19.8 Å². The van der Waals surface area contributed by atoms with Crippen molar-refractivity contribution >= 4 is 45.5 Å². The third-order valence-electron chi connectivity index (χ3n) is 4.24. The summed E-state index contributed by atoms with van der Waals surface area (Å²) in [6.07, 6.45) is 4.50. The van der Waals surface area contributed by atoms with E-state index in [1.807, 2.05) is 44.3 Å². The molecule has 4 aromatic rings. The molecule has 0 aliphatic heterocycles. The van der Waals surface area contributed by atoms with Gasteiger partial charge in [-0.3, -0.25) is 4.79 Å². The van der Waals surface area contributed by atoms with Gasteiger partial charge in [0.2, 0.25) is 5.91 Å². The topological polar surface area (TPSA) is 96.5 Å². The average Bonchev–Trinajstić information content (AvgIpc) is 3.29. The molecule has 0 fully saturated rings. The highest BCUT2D eigenvalue weighted by molar-refractivity contribution is 5.95. The van der Waals surface area contributed by atoms with Gasteiger partial charge < -0.3 is 20.4 Å². The van der Waals surface area contributed by atoms with E-state index in [-0.39, 0.29) is 5.91 Å². The molecule has 8 nitrogen and oxygen atoms in total. The monoisotopic (exact) mass is 364 g/mol. The van der Waals surface area contributed by atoms with Gasteiger partial charge in [0, 0.05) is 24.9 Å². The standard InChI is InChI=1S/C19H20N6O2/c1-3-5-18(26)23-14-11-21-25-17(20-2)10-16(24-19(14)25)22-13-6-4-7-15-12(13)8-9-27-15/h4,6-11,20H,3,5H2,1-2H3,(H,22,24)(H,23,26). The molecule has 3 heterocycles. The first-order valence-electron chi connectivity index (χ1n) is 8.79. The number of rotatable bonds is 6. The second-order valence-corrected chi connectivity index (χ2v) is 6.13. The number of carbonyl (C=O) groups is 1. The fourth-order valence-corrected chi connectivity index (χ4v) is 2.97. The predicted molar refractivity (Wildman–Crippen MR) is 106 cm³/mol. The van der Waals surface area contributed by atoms with Crippen molar-refractivity contribution < 1.29 is 9.21 Å². The average molecular weight is 364 g/mol. The number of hydrogen-bond acceptors (Lipinski definition) is 6. The van der Waals surface area contributed by atoms with Crippen LogP contribution in [0.2, 0.25) is 0 Å². The van der Waals surface area contributed by atoms with Gasteiger partial charge in [-0.15, -0.1) is 0 Å². The Bertz CT molecular complexity index is 1110. The van der Waals surface area contributed by atoms with Gasteiger partial charge in [0.25, 0.3) is 0 Å².